The molecule has 6 heteroatoms. The number of likely N-dealkylation sites (tertiary alicyclic amines) is 1. The summed E-state index contributed by atoms with van der Waals surface area (Å²) in [5.74, 6) is -0.198. The third-order valence-corrected chi connectivity index (χ3v) is 4.61. The Morgan fingerprint density at radius 2 is 1.70 bits per heavy atom. The van der Waals surface area contributed by atoms with Crippen LogP contribution < -0.4 is 10.6 Å². The van der Waals surface area contributed by atoms with Crippen LogP contribution in [-0.2, 0) is 20.9 Å². The summed E-state index contributed by atoms with van der Waals surface area (Å²) in [7, 11) is 1.47. The Balaban J connectivity index is 1.56. The van der Waals surface area contributed by atoms with Crippen LogP contribution in [0.15, 0.2) is 54.6 Å². The van der Waals surface area contributed by atoms with Crippen molar-refractivity contribution in [3.8, 4) is 0 Å². The summed E-state index contributed by atoms with van der Waals surface area (Å²) in [6.07, 6.45) is 1.89. The molecule has 1 aliphatic heterocycles. The highest BCUT2D eigenvalue weighted by Gasteiger charge is 2.30. The Morgan fingerprint density at radius 1 is 1.04 bits per heavy atom. The van der Waals surface area contributed by atoms with E-state index in [0.717, 1.165) is 31.6 Å². The van der Waals surface area contributed by atoms with Gasteiger partial charge in [-0.15, -0.1) is 0 Å². The van der Waals surface area contributed by atoms with Gasteiger partial charge in [-0.1, -0.05) is 30.3 Å². The molecule has 1 fully saturated rings. The monoisotopic (exact) mass is 367 g/mol. The van der Waals surface area contributed by atoms with Gasteiger partial charge in [-0.25, -0.2) is 0 Å². The fourth-order valence-corrected chi connectivity index (χ4v) is 3.32. The van der Waals surface area contributed by atoms with E-state index in [1.807, 2.05) is 18.2 Å². The smallest absolute Gasteiger partial charge is 0.250 e. The molecule has 0 aliphatic carbocycles. The number of ether oxygens (including phenoxy) is 1. The van der Waals surface area contributed by atoms with Crippen molar-refractivity contribution >= 4 is 23.2 Å². The van der Waals surface area contributed by atoms with Crippen LogP contribution in [0.25, 0.3) is 0 Å². The number of hydrogen-bond acceptors (Lipinski definition) is 4. The number of rotatable bonds is 7. The van der Waals surface area contributed by atoms with Crippen LogP contribution in [0.4, 0.5) is 11.4 Å². The van der Waals surface area contributed by atoms with Gasteiger partial charge >= 0.3 is 0 Å². The maximum absolute atomic E-state index is 12.7. The lowest BCUT2D eigenvalue weighted by Gasteiger charge is -2.23. The van der Waals surface area contributed by atoms with Gasteiger partial charge in [-0.2, -0.15) is 0 Å². The third-order valence-electron chi connectivity index (χ3n) is 4.61. The van der Waals surface area contributed by atoms with E-state index in [1.165, 1.54) is 12.7 Å². The molecule has 3 rings (SSSR count). The zero-order valence-corrected chi connectivity index (χ0v) is 15.5. The molecule has 27 heavy (non-hydrogen) atoms. The van der Waals surface area contributed by atoms with E-state index in [2.05, 4.69) is 27.7 Å². The Morgan fingerprint density at radius 3 is 2.37 bits per heavy atom. The number of amides is 2. The summed E-state index contributed by atoms with van der Waals surface area (Å²) in [5, 5.41) is 5.72. The molecular weight excluding hydrogens is 342 g/mol. The number of anilines is 2. The molecule has 0 radical (unpaired) electrons. The highest BCUT2D eigenvalue weighted by Crippen LogP contribution is 2.22. The fourth-order valence-electron chi connectivity index (χ4n) is 3.32. The molecule has 2 amide bonds. The van der Waals surface area contributed by atoms with Crippen molar-refractivity contribution in [2.75, 3.05) is 30.9 Å². The number of benzene rings is 2. The number of carbonyl (C=O) groups is 2. The number of hydrogen-bond donors (Lipinski definition) is 2. The average molecular weight is 367 g/mol. The highest BCUT2D eigenvalue weighted by atomic mass is 16.5. The molecule has 142 valence electrons. The standard InChI is InChI=1S/C21H25N3O3/c1-27-15-20(25)22-17-9-11-18(12-10-17)23-21(26)19-8-5-13-24(19)14-16-6-3-2-4-7-16/h2-4,6-7,9-12,19H,5,8,13-15H2,1H3,(H,22,25)(H,23,26)/t19-/m0/s1. The Bertz CT molecular complexity index is 762. The lowest BCUT2D eigenvalue weighted by molar-refractivity contribution is -0.121. The van der Waals surface area contributed by atoms with Crippen LogP contribution in [0.5, 0.6) is 0 Å². The molecule has 2 aromatic rings. The highest BCUT2D eigenvalue weighted by molar-refractivity contribution is 5.96. The quantitative estimate of drug-likeness (QED) is 0.789. The van der Waals surface area contributed by atoms with Gasteiger partial charge in [0.2, 0.25) is 11.8 Å². The second-order valence-electron chi connectivity index (χ2n) is 6.66. The van der Waals surface area contributed by atoms with Gasteiger partial charge in [-0.05, 0) is 49.2 Å². The predicted octanol–water partition coefficient (Wildman–Crippen LogP) is 2.87. The maximum atomic E-state index is 12.7. The van der Waals surface area contributed by atoms with Crippen molar-refractivity contribution < 1.29 is 14.3 Å². The molecule has 0 spiro atoms. The minimum Gasteiger partial charge on any atom is -0.375 e. The van der Waals surface area contributed by atoms with E-state index in [9.17, 15) is 9.59 Å². The van der Waals surface area contributed by atoms with Crippen molar-refractivity contribution in [2.24, 2.45) is 0 Å². The van der Waals surface area contributed by atoms with Crippen LogP contribution in [0, 0.1) is 0 Å². The number of carbonyl (C=O) groups excluding carboxylic acids is 2. The minimum atomic E-state index is -0.211. The summed E-state index contributed by atoms with van der Waals surface area (Å²) in [6.45, 7) is 1.72. The van der Waals surface area contributed by atoms with Gasteiger partial charge in [0.1, 0.15) is 6.61 Å². The summed E-state index contributed by atoms with van der Waals surface area (Å²) in [4.78, 5) is 26.5. The van der Waals surface area contributed by atoms with Gasteiger partial charge in [0.15, 0.2) is 0 Å². The molecule has 0 saturated carbocycles. The van der Waals surface area contributed by atoms with Crippen molar-refractivity contribution in [2.45, 2.75) is 25.4 Å². The minimum absolute atomic E-state index is 0.0113. The van der Waals surface area contributed by atoms with E-state index in [1.54, 1.807) is 24.3 Å². The number of nitrogens with zero attached hydrogens (tertiary/aromatic N) is 1. The first-order valence-electron chi connectivity index (χ1n) is 9.13. The number of methoxy groups -OCH3 is 1. The molecule has 0 unspecified atom stereocenters. The summed E-state index contributed by atoms with van der Waals surface area (Å²) >= 11 is 0. The molecule has 1 heterocycles. The Labute approximate surface area is 159 Å². The normalized spacial score (nSPS) is 16.9. The average Bonchev–Trinajstić information content (AvgIpc) is 3.12. The van der Waals surface area contributed by atoms with Gasteiger partial charge < -0.3 is 15.4 Å². The first-order chi connectivity index (χ1) is 13.2. The molecule has 0 aromatic heterocycles. The van der Waals surface area contributed by atoms with Gasteiger partial charge in [-0.3, -0.25) is 14.5 Å². The topological polar surface area (TPSA) is 70.7 Å². The molecule has 0 bridgehead atoms. The van der Waals surface area contributed by atoms with Crippen molar-refractivity contribution in [1.82, 2.24) is 4.90 Å². The second kappa shape index (κ2) is 9.30. The SMILES string of the molecule is COCC(=O)Nc1ccc(NC(=O)[C@@H]2CCCN2Cc2ccccc2)cc1. The van der Waals surface area contributed by atoms with Crippen molar-refractivity contribution in [3.63, 3.8) is 0 Å². The maximum Gasteiger partial charge on any atom is 0.250 e. The van der Waals surface area contributed by atoms with Gasteiger partial charge in [0, 0.05) is 25.0 Å². The zero-order chi connectivity index (χ0) is 19.1. The molecule has 1 aliphatic rings. The van der Waals surface area contributed by atoms with Gasteiger partial charge in [0.05, 0.1) is 6.04 Å². The van der Waals surface area contributed by atoms with E-state index in [0.29, 0.717) is 5.69 Å². The molecule has 1 saturated heterocycles. The molecule has 6 nitrogen and oxygen atoms in total. The van der Waals surface area contributed by atoms with Crippen molar-refractivity contribution in [1.29, 1.82) is 0 Å². The van der Waals surface area contributed by atoms with Crippen LogP contribution in [0.1, 0.15) is 18.4 Å². The second-order valence-corrected chi connectivity index (χ2v) is 6.66. The van der Waals surface area contributed by atoms with Crippen LogP contribution >= 0.6 is 0 Å². The van der Waals surface area contributed by atoms with E-state index in [-0.39, 0.29) is 24.5 Å². The predicted molar refractivity (Wildman–Crippen MR) is 105 cm³/mol. The van der Waals surface area contributed by atoms with Gasteiger partial charge in [0.25, 0.3) is 0 Å². The lowest BCUT2D eigenvalue weighted by Crippen LogP contribution is -2.39. The first-order valence-corrected chi connectivity index (χ1v) is 9.13. The summed E-state index contributed by atoms with van der Waals surface area (Å²) < 4.78 is 4.79. The summed E-state index contributed by atoms with van der Waals surface area (Å²) in [5.41, 5.74) is 2.60. The first kappa shape index (κ1) is 19.1. The van der Waals surface area contributed by atoms with Crippen LogP contribution in [-0.4, -0.2) is 43.0 Å². The molecular formula is C21H25N3O3. The van der Waals surface area contributed by atoms with Crippen LogP contribution in [0.3, 0.4) is 0 Å². The largest absolute Gasteiger partial charge is 0.375 e. The Hall–Kier alpha value is -2.70. The molecule has 2 aromatic carbocycles. The van der Waals surface area contributed by atoms with Crippen LogP contribution in [0.2, 0.25) is 0 Å². The van der Waals surface area contributed by atoms with E-state index >= 15 is 0 Å². The van der Waals surface area contributed by atoms with E-state index < -0.39 is 0 Å². The zero-order valence-electron chi connectivity index (χ0n) is 15.5. The lowest BCUT2D eigenvalue weighted by atomic mass is 10.1. The fraction of sp³-hybridized carbons (Fsp3) is 0.333. The van der Waals surface area contributed by atoms with Crippen molar-refractivity contribution in [3.05, 3.63) is 60.2 Å². The van der Waals surface area contributed by atoms with E-state index in [4.69, 9.17) is 4.74 Å². The third kappa shape index (κ3) is 5.39. The molecule has 2 N–H and O–H groups in total. The number of nitrogens with one attached hydrogen (secondary N) is 2. The Kier molecular flexibility index (Phi) is 6.57. The molecule has 1 atom stereocenters. The summed E-state index contributed by atoms with van der Waals surface area (Å²) in [6, 6.07) is 17.2.